The number of aryl methyl sites for hydroxylation is 1. The second kappa shape index (κ2) is 6.99. The van der Waals surface area contributed by atoms with E-state index in [1.54, 1.807) is 25.5 Å². The summed E-state index contributed by atoms with van der Waals surface area (Å²) < 4.78 is 21.4. The smallest absolute Gasteiger partial charge is 0.326 e. The molecule has 0 bridgehead atoms. The van der Waals surface area contributed by atoms with Gasteiger partial charge in [-0.1, -0.05) is 0 Å². The normalized spacial score (nSPS) is 25.1. The molecule has 1 saturated carbocycles. The minimum Gasteiger partial charge on any atom is -0.421 e. The highest BCUT2D eigenvalue weighted by Crippen LogP contribution is 2.50. The van der Waals surface area contributed by atoms with E-state index in [-0.39, 0.29) is 30.0 Å². The van der Waals surface area contributed by atoms with Crippen LogP contribution in [0.5, 0.6) is 11.8 Å². The van der Waals surface area contributed by atoms with E-state index < -0.39 is 0 Å². The van der Waals surface area contributed by atoms with E-state index in [0.717, 1.165) is 46.9 Å². The third kappa shape index (κ3) is 2.74. The van der Waals surface area contributed by atoms with Crippen molar-refractivity contribution in [2.45, 2.75) is 50.7 Å². The molecule has 7 rings (SSSR count). The Bertz CT molecular complexity index is 1450. The summed E-state index contributed by atoms with van der Waals surface area (Å²) in [6, 6.07) is 2.39. The first-order valence-electron chi connectivity index (χ1n) is 11.7. The third-order valence-corrected chi connectivity index (χ3v) is 7.68. The van der Waals surface area contributed by atoms with Crippen molar-refractivity contribution in [2.75, 3.05) is 17.3 Å². The maximum Gasteiger partial charge on any atom is 0.326 e. The van der Waals surface area contributed by atoms with Crippen LogP contribution in [-0.2, 0) is 6.42 Å². The van der Waals surface area contributed by atoms with Gasteiger partial charge in [0.15, 0.2) is 5.75 Å². The summed E-state index contributed by atoms with van der Waals surface area (Å²) in [6.45, 7) is 1.82. The maximum atomic E-state index is 15.4. The Morgan fingerprint density at radius 1 is 1.18 bits per heavy atom. The van der Waals surface area contributed by atoms with Gasteiger partial charge in [-0.25, -0.2) is 14.4 Å². The highest BCUT2D eigenvalue weighted by molar-refractivity contribution is 6.16. The molecule has 10 heteroatoms. The van der Waals surface area contributed by atoms with Crippen LogP contribution in [0.2, 0.25) is 0 Å². The van der Waals surface area contributed by atoms with Gasteiger partial charge in [-0.15, -0.1) is 0 Å². The number of nitrogens with zero attached hydrogens (tertiary/aromatic N) is 5. The Morgan fingerprint density at radius 3 is 2.79 bits per heavy atom. The largest absolute Gasteiger partial charge is 0.421 e. The number of halogens is 1. The van der Waals surface area contributed by atoms with E-state index in [2.05, 4.69) is 30.2 Å². The van der Waals surface area contributed by atoms with Crippen molar-refractivity contribution in [3.8, 4) is 11.8 Å². The van der Waals surface area contributed by atoms with Crippen LogP contribution in [0.3, 0.4) is 0 Å². The van der Waals surface area contributed by atoms with E-state index in [1.807, 2.05) is 6.92 Å². The summed E-state index contributed by atoms with van der Waals surface area (Å²) in [5.41, 5.74) is 9.23. The van der Waals surface area contributed by atoms with Crippen molar-refractivity contribution in [3.63, 3.8) is 0 Å². The molecule has 1 aliphatic carbocycles. The fraction of sp³-hybridized carbons (Fsp3) is 0.417. The summed E-state index contributed by atoms with van der Waals surface area (Å²) in [7, 11) is 1.79. The molecule has 0 spiro atoms. The van der Waals surface area contributed by atoms with Gasteiger partial charge in [-0.2, -0.15) is 9.97 Å². The fourth-order valence-electron chi connectivity index (χ4n) is 6.35. The van der Waals surface area contributed by atoms with Crippen LogP contribution in [0.15, 0.2) is 18.5 Å². The van der Waals surface area contributed by atoms with Crippen LogP contribution >= 0.6 is 0 Å². The van der Waals surface area contributed by atoms with Crippen molar-refractivity contribution in [3.05, 3.63) is 35.7 Å². The molecule has 9 nitrogen and oxygen atoms in total. The number of aromatic amines is 1. The van der Waals surface area contributed by atoms with Crippen molar-refractivity contribution in [2.24, 2.45) is 11.7 Å². The van der Waals surface area contributed by atoms with Crippen molar-refractivity contribution in [1.82, 2.24) is 24.9 Å². The average molecular weight is 461 g/mol. The maximum absolute atomic E-state index is 15.4. The molecular formula is C24H25FN8O. The van der Waals surface area contributed by atoms with Gasteiger partial charge in [0.05, 0.1) is 29.0 Å². The number of ether oxygens (including phenoxy) is 1. The van der Waals surface area contributed by atoms with E-state index in [9.17, 15) is 0 Å². The lowest BCUT2D eigenvalue weighted by Gasteiger charge is -2.31. The number of hydrogen-bond acceptors (Lipinski definition) is 8. The van der Waals surface area contributed by atoms with Crippen molar-refractivity contribution in [1.29, 1.82) is 0 Å². The molecule has 174 valence electrons. The van der Waals surface area contributed by atoms with E-state index in [4.69, 9.17) is 15.5 Å². The predicted octanol–water partition coefficient (Wildman–Crippen LogP) is 3.42. The summed E-state index contributed by atoms with van der Waals surface area (Å²) in [4.78, 5) is 23.8. The standard InChI is InChI=1S/C24H25FN8O/c1-10-28-8-14(9-29-10)34-24-31-22-20-19-15(16(25)7-17(27-2)21(19)30-22)6-13-4-11-3-12(26)5-18(11)33(13)23(20)32-24/h7-9,11-13,18,27H,3-6,26H2,1-2H3,(H,30,31,32)/t11-,12-,13+,18-/m0/s1. The first-order valence-corrected chi connectivity index (χ1v) is 11.7. The average Bonchev–Trinajstić information content (AvgIpc) is 3.43. The molecule has 3 aliphatic rings. The number of rotatable bonds is 3. The first-order chi connectivity index (χ1) is 16.5. The molecule has 1 saturated heterocycles. The molecule has 0 radical (unpaired) electrons. The molecule has 5 heterocycles. The molecule has 34 heavy (non-hydrogen) atoms. The van der Waals surface area contributed by atoms with Crippen LogP contribution in [-0.4, -0.2) is 50.1 Å². The molecule has 4 N–H and O–H groups in total. The third-order valence-electron chi connectivity index (χ3n) is 7.68. The van der Waals surface area contributed by atoms with E-state index in [0.29, 0.717) is 35.2 Å². The first kappa shape index (κ1) is 19.9. The van der Waals surface area contributed by atoms with Crippen molar-refractivity contribution < 1.29 is 9.13 Å². The van der Waals surface area contributed by atoms with E-state index in [1.165, 1.54) is 0 Å². The molecule has 2 fully saturated rings. The summed E-state index contributed by atoms with van der Waals surface area (Å²) in [5.74, 6) is 2.19. The Balaban J connectivity index is 1.48. The Hall–Kier alpha value is -3.53. The lowest BCUT2D eigenvalue weighted by Crippen LogP contribution is -2.39. The lowest BCUT2D eigenvalue weighted by atomic mass is 9.95. The molecule has 2 aliphatic heterocycles. The van der Waals surface area contributed by atoms with Crippen LogP contribution in [0.25, 0.3) is 21.9 Å². The Labute approximate surface area is 195 Å². The number of H-pyrrole nitrogens is 1. The molecule has 1 aromatic carbocycles. The van der Waals surface area contributed by atoms with Gasteiger partial charge in [0.25, 0.3) is 0 Å². The topological polar surface area (TPSA) is 118 Å². The zero-order valence-electron chi connectivity index (χ0n) is 19.0. The summed E-state index contributed by atoms with van der Waals surface area (Å²) in [6.07, 6.45) is 6.72. The fourth-order valence-corrected chi connectivity index (χ4v) is 6.35. The van der Waals surface area contributed by atoms with Gasteiger partial charge in [-0.3, -0.25) is 0 Å². The van der Waals surface area contributed by atoms with Crippen LogP contribution in [0.4, 0.5) is 15.9 Å². The number of benzene rings is 1. The minimum absolute atomic E-state index is 0.154. The molecule has 0 amide bonds. The van der Waals surface area contributed by atoms with Crippen molar-refractivity contribution >= 4 is 33.4 Å². The lowest BCUT2D eigenvalue weighted by molar-refractivity contribution is 0.437. The number of anilines is 2. The Kier molecular flexibility index (Phi) is 4.09. The van der Waals surface area contributed by atoms with Gasteiger partial charge >= 0.3 is 6.01 Å². The summed E-state index contributed by atoms with van der Waals surface area (Å²) in [5, 5.41) is 4.82. The zero-order valence-corrected chi connectivity index (χ0v) is 19.0. The number of nitrogens with one attached hydrogen (secondary N) is 2. The Morgan fingerprint density at radius 2 is 2.00 bits per heavy atom. The van der Waals surface area contributed by atoms with Crippen LogP contribution in [0.1, 0.15) is 30.7 Å². The monoisotopic (exact) mass is 460 g/mol. The van der Waals surface area contributed by atoms with Gasteiger partial charge in [-0.05, 0) is 44.6 Å². The van der Waals surface area contributed by atoms with Crippen LogP contribution < -0.4 is 20.7 Å². The number of hydrogen-bond donors (Lipinski definition) is 3. The molecule has 3 aromatic heterocycles. The molecule has 0 unspecified atom stereocenters. The summed E-state index contributed by atoms with van der Waals surface area (Å²) >= 11 is 0. The second-order valence-electron chi connectivity index (χ2n) is 9.69. The second-order valence-corrected chi connectivity index (χ2v) is 9.69. The molecular weight excluding hydrogens is 435 g/mol. The number of fused-ring (bicyclic) bond motifs is 4. The van der Waals surface area contributed by atoms with Gasteiger partial charge in [0.1, 0.15) is 23.1 Å². The van der Waals surface area contributed by atoms with Gasteiger partial charge in [0, 0.05) is 36.1 Å². The SMILES string of the molecule is CNc1cc(F)c2c3c1[nH]c1nc(Oc4cnc(C)nc4)nc(c13)N1[C@@H](C2)C[C@@H]2C[C@H](N)C[C@@H]21. The van der Waals surface area contributed by atoms with Gasteiger partial charge < -0.3 is 25.7 Å². The van der Waals surface area contributed by atoms with Gasteiger partial charge in [0.2, 0.25) is 0 Å². The van der Waals surface area contributed by atoms with Crippen LogP contribution in [0, 0.1) is 18.7 Å². The predicted molar refractivity (Wildman–Crippen MR) is 127 cm³/mol. The molecule has 4 atom stereocenters. The number of aromatic nitrogens is 5. The quantitative estimate of drug-likeness (QED) is 0.426. The molecule has 4 aromatic rings. The minimum atomic E-state index is -0.198. The number of nitrogens with two attached hydrogens (primary N) is 1. The van der Waals surface area contributed by atoms with E-state index >= 15 is 4.39 Å². The highest BCUT2D eigenvalue weighted by atomic mass is 19.1. The zero-order chi connectivity index (χ0) is 23.1. The highest BCUT2D eigenvalue weighted by Gasteiger charge is 2.49.